The van der Waals surface area contributed by atoms with Crippen molar-refractivity contribution in [3.05, 3.63) is 17.7 Å². The van der Waals surface area contributed by atoms with E-state index in [1.54, 1.807) is 6.33 Å². The highest BCUT2D eigenvalue weighted by atomic mass is 35.5. The first-order valence-electron chi connectivity index (χ1n) is 3.63. The van der Waals surface area contributed by atoms with Crippen molar-refractivity contribution in [2.45, 2.75) is 18.6 Å². The molecule has 1 aromatic heterocycles. The molecule has 3 nitrogen and oxygen atoms in total. The average Bonchev–Trinajstić information content (AvgIpc) is 2.36. The lowest BCUT2D eigenvalue weighted by molar-refractivity contribution is 0.796. The number of thiol groups is 1. The van der Waals surface area contributed by atoms with Gasteiger partial charge < -0.3 is 10.7 Å². The van der Waals surface area contributed by atoms with Gasteiger partial charge in [0.2, 0.25) is 0 Å². The summed E-state index contributed by atoms with van der Waals surface area (Å²) in [6.07, 6.45) is 2.57. The van der Waals surface area contributed by atoms with Gasteiger partial charge >= 0.3 is 0 Å². The van der Waals surface area contributed by atoms with Gasteiger partial charge in [-0.1, -0.05) is 0 Å². The highest BCUT2D eigenvalue weighted by molar-refractivity contribution is 7.80. The van der Waals surface area contributed by atoms with Crippen LogP contribution in [0.15, 0.2) is 6.33 Å². The molecule has 1 aromatic rings. The molecule has 0 saturated heterocycles. The fourth-order valence-corrected chi connectivity index (χ4v) is 1.42. The van der Waals surface area contributed by atoms with Gasteiger partial charge in [0.05, 0.1) is 17.7 Å². The molecular weight excluding hydrogens is 229 g/mol. The van der Waals surface area contributed by atoms with E-state index in [-0.39, 0.29) is 30.1 Å². The summed E-state index contributed by atoms with van der Waals surface area (Å²) in [4.78, 5) is 7.12. The van der Waals surface area contributed by atoms with Crippen LogP contribution in [0, 0.1) is 6.92 Å². The molecule has 13 heavy (non-hydrogen) atoms. The molecule has 0 spiro atoms. The number of aromatic amines is 1. The molecule has 6 heteroatoms. The Balaban J connectivity index is 0. The summed E-state index contributed by atoms with van der Waals surface area (Å²) < 4.78 is 0. The van der Waals surface area contributed by atoms with Crippen molar-refractivity contribution in [2.24, 2.45) is 5.73 Å². The maximum atomic E-state index is 5.40. The van der Waals surface area contributed by atoms with Gasteiger partial charge in [0.1, 0.15) is 0 Å². The first kappa shape index (κ1) is 15.6. The number of aryl methyl sites for hydroxylation is 1. The second-order valence-corrected chi connectivity index (χ2v) is 3.12. The minimum atomic E-state index is 0. The van der Waals surface area contributed by atoms with Crippen molar-refractivity contribution >= 4 is 37.4 Å². The molecule has 78 valence electrons. The van der Waals surface area contributed by atoms with Crippen LogP contribution in [0.25, 0.3) is 0 Å². The molecule has 0 bridgehead atoms. The Hall–Kier alpha value is 0.1000. The van der Waals surface area contributed by atoms with E-state index < -0.39 is 0 Å². The van der Waals surface area contributed by atoms with Gasteiger partial charge in [-0.05, 0) is 19.9 Å². The van der Waals surface area contributed by atoms with Crippen LogP contribution in [0.4, 0.5) is 0 Å². The minimum Gasteiger partial charge on any atom is -0.347 e. The number of nitrogens with two attached hydrogens (primary N) is 1. The maximum Gasteiger partial charge on any atom is 0.0925 e. The number of aromatic nitrogens is 2. The lowest BCUT2D eigenvalue weighted by Crippen LogP contribution is -2.04. The zero-order valence-corrected chi connectivity index (χ0v) is 9.88. The Morgan fingerprint density at radius 1 is 1.62 bits per heavy atom. The minimum absolute atomic E-state index is 0. The number of hydrogen-bond acceptors (Lipinski definition) is 3. The topological polar surface area (TPSA) is 54.7 Å². The number of rotatable bonds is 3. The van der Waals surface area contributed by atoms with Crippen LogP contribution in [-0.4, -0.2) is 16.5 Å². The van der Waals surface area contributed by atoms with Crippen molar-refractivity contribution in [1.82, 2.24) is 9.97 Å². The van der Waals surface area contributed by atoms with Crippen LogP contribution < -0.4 is 5.73 Å². The van der Waals surface area contributed by atoms with E-state index in [4.69, 9.17) is 5.73 Å². The van der Waals surface area contributed by atoms with Gasteiger partial charge in [0.25, 0.3) is 0 Å². The molecule has 0 aliphatic carbocycles. The van der Waals surface area contributed by atoms with Crippen LogP contribution >= 0.6 is 37.4 Å². The standard InChI is InChI=1S/C7H13N3S.2ClH/c1-5-7(10-4-9-5)6(11)2-3-8;;/h4,6,11H,2-3,8H2,1H3,(H,9,10);2*1H. The number of nitrogens with one attached hydrogen (secondary N) is 1. The molecule has 0 aromatic carbocycles. The van der Waals surface area contributed by atoms with Crippen LogP contribution in [-0.2, 0) is 0 Å². The van der Waals surface area contributed by atoms with Gasteiger partial charge in [0.15, 0.2) is 0 Å². The Bertz CT molecular complexity index is 229. The maximum absolute atomic E-state index is 5.40. The van der Waals surface area contributed by atoms with Crippen LogP contribution in [0.1, 0.15) is 23.1 Å². The fraction of sp³-hybridized carbons (Fsp3) is 0.571. The van der Waals surface area contributed by atoms with Crippen molar-refractivity contribution in [3.63, 3.8) is 0 Å². The lowest BCUT2D eigenvalue weighted by Gasteiger charge is -2.06. The first-order valence-corrected chi connectivity index (χ1v) is 4.15. The van der Waals surface area contributed by atoms with Gasteiger partial charge in [-0.15, -0.1) is 24.8 Å². The normalized spacial score (nSPS) is 11.3. The zero-order chi connectivity index (χ0) is 8.27. The van der Waals surface area contributed by atoms with E-state index in [0.29, 0.717) is 6.54 Å². The zero-order valence-electron chi connectivity index (χ0n) is 7.36. The van der Waals surface area contributed by atoms with Crippen molar-refractivity contribution < 1.29 is 0 Å². The first-order chi connectivity index (χ1) is 5.25. The summed E-state index contributed by atoms with van der Waals surface area (Å²) in [5, 5.41) is 0.197. The third kappa shape index (κ3) is 4.22. The van der Waals surface area contributed by atoms with Crippen LogP contribution in [0.3, 0.4) is 0 Å². The summed E-state index contributed by atoms with van der Waals surface area (Å²) in [6, 6.07) is 0. The molecule has 0 aliphatic heterocycles. The van der Waals surface area contributed by atoms with Crippen molar-refractivity contribution in [3.8, 4) is 0 Å². The van der Waals surface area contributed by atoms with Crippen molar-refractivity contribution in [2.75, 3.05) is 6.54 Å². The van der Waals surface area contributed by atoms with E-state index >= 15 is 0 Å². The van der Waals surface area contributed by atoms with E-state index in [2.05, 4.69) is 22.6 Å². The fourth-order valence-electron chi connectivity index (χ4n) is 1.01. The molecule has 1 atom stereocenters. The average molecular weight is 244 g/mol. The summed E-state index contributed by atoms with van der Waals surface area (Å²) in [7, 11) is 0. The Labute approximate surface area is 96.1 Å². The summed E-state index contributed by atoms with van der Waals surface area (Å²) in [5.41, 5.74) is 7.50. The summed E-state index contributed by atoms with van der Waals surface area (Å²) in [5.74, 6) is 0. The van der Waals surface area contributed by atoms with Gasteiger partial charge in [-0.25, -0.2) is 4.98 Å². The van der Waals surface area contributed by atoms with E-state index in [0.717, 1.165) is 17.8 Å². The molecule has 0 aliphatic rings. The highest BCUT2D eigenvalue weighted by Gasteiger charge is 2.09. The predicted octanol–water partition coefficient (Wildman–Crippen LogP) is 1.88. The van der Waals surface area contributed by atoms with Gasteiger partial charge in [-0.3, -0.25) is 0 Å². The quantitative estimate of drug-likeness (QED) is 0.711. The summed E-state index contributed by atoms with van der Waals surface area (Å²) >= 11 is 4.38. The predicted molar refractivity (Wildman–Crippen MR) is 63.2 cm³/mol. The van der Waals surface area contributed by atoms with E-state index in [9.17, 15) is 0 Å². The SMILES string of the molecule is Cc1nc[nH]c1C(S)CCN.Cl.Cl. The molecule has 3 N–H and O–H groups in total. The van der Waals surface area contributed by atoms with Gasteiger partial charge in [0, 0.05) is 5.25 Å². The summed E-state index contributed by atoms with van der Waals surface area (Å²) in [6.45, 7) is 2.62. The molecule has 1 rings (SSSR count). The number of H-pyrrole nitrogens is 1. The third-order valence-corrected chi connectivity index (χ3v) is 2.16. The number of nitrogens with zero attached hydrogens (tertiary/aromatic N) is 1. The number of imidazole rings is 1. The molecule has 0 radical (unpaired) electrons. The Kier molecular flexibility index (Phi) is 8.98. The highest BCUT2D eigenvalue weighted by Crippen LogP contribution is 2.22. The smallest absolute Gasteiger partial charge is 0.0925 e. The van der Waals surface area contributed by atoms with Crippen LogP contribution in [0.5, 0.6) is 0 Å². The van der Waals surface area contributed by atoms with Gasteiger partial charge in [-0.2, -0.15) is 12.6 Å². The number of hydrogen-bond donors (Lipinski definition) is 3. The van der Waals surface area contributed by atoms with E-state index in [1.165, 1.54) is 0 Å². The molecule has 0 amide bonds. The monoisotopic (exact) mass is 243 g/mol. The van der Waals surface area contributed by atoms with E-state index in [1.807, 2.05) is 6.92 Å². The lowest BCUT2D eigenvalue weighted by atomic mass is 10.2. The molecule has 1 unspecified atom stereocenters. The van der Waals surface area contributed by atoms with Crippen LogP contribution in [0.2, 0.25) is 0 Å². The largest absolute Gasteiger partial charge is 0.347 e. The molecule has 0 fully saturated rings. The second kappa shape index (κ2) is 7.50. The second-order valence-electron chi connectivity index (χ2n) is 2.49. The van der Waals surface area contributed by atoms with Crippen molar-refractivity contribution in [1.29, 1.82) is 0 Å². The number of halogens is 2. The molecule has 0 saturated carbocycles. The Morgan fingerprint density at radius 3 is 2.62 bits per heavy atom. The Morgan fingerprint density at radius 2 is 2.23 bits per heavy atom. The molecule has 1 heterocycles. The third-order valence-electron chi connectivity index (χ3n) is 1.64. The molecular formula is C7H15Cl2N3S.